The molecule has 6 nitrogen and oxygen atoms in total. The van der Waals surface area contributed by atoms with Gasteiger partial charge in [0.25, 0.3) is 5.91 Å². The van der Waals surface area contributed by atoms with E-state index in [1.165, 1.54) is 35.9 Å². The summed E-state index contributed by atoms with van der Waals surface area (Å²) < 4.78 is 26.7. The van der Waals surface area contributed by atoms with Crippen LogP contribution in [0.15, 0.2) is 83.8 Å². The van der Waals surface area contributed by atoms with Crippen LogP contribution in [0.5, 0.6) is 0 Å². The van der Waals surface area contributed by atoms with Crippen molar-refractivity contribution in [2.45, 2.75) is 10.6 Å². The minimum Gasteiger partial charge on any atom is -0.322 e. The molecule has 0 fully saturated rings. The van der Waals surface area contributed by atoms with Crippen molar-refractivity contribution >= 4 is 39.3 Å². The first-order valence-electron chi connectivity index (χ1n) is 9.62. The second-order valence-electron chi connectivity index (χ2n) is 7.06. The van der Waals surface area contributed by atoms with Crippen LogP contribution in [0.25, 0.3) is 0 Å². The van der Waals surface area contributed by atoms with E-state index < -0.39 is 10.2 Å². The molecule has 0 aliphatic rings. The van der Waals surface area contributed by atoms with E-state index in [9.17, 15) is 13.2 Å². The van der Waals surface area contributed by atoms with Crippen LogP contribution < -0.4 is 9.62 Å². The SMILES string of the molecule is CN(C)S(=O)(=O)N(C)c1ccc(C(=O)Nc2ccc(CSc3ccccc3)cc2)cc1. The summed E-state index contributed by atoms with van der Waals surface area (Å²) in [6.07, 6.45) is 0. The number of carbonyl (C=O) groups excluding carboxylic acids is 1. The molecule has 3 aromatic carbocycles. The summed E-state index contributed by atoms with van der Waals surface area (Å²) in [5.41, 5.74) is 2.80. The maximum atomic E-state index is 12.5. The van der Waals surface area contributed by atoms with Gasteiger partial charge in [0.2, 0.25) is 0 Å². The molecule has 0 aromatic heterocycles. The van der Waals surface area contributed by atoms with Crippen LogP contribution in [0.4, 0.5) is 11.4 Å². The van der Waals surface area contributed by atoms with Crippen molar-refractivity contribution in [3.8, 4) is 0 Å². The van der Waals surface area contributed by atoms with Gasteiger partial charge in [0.1, 0.15) is 0 Å². The molecule has 8 heteroatoms. The third kappa shape index (κ3) is 5.88. The van der Waals surface area contributed by atoms with Gasteiger partial charge in [-0.25, -0.2) is 0 Å². The second-order valence-corrected chi connectivity index (χ2v) is 10.3. The van der Waals surface area contributed by atoms with E-state index in [0.29, 0.717) is 16.9 Å². The van der Waals surface area contributed by atoms with E-state index in [2.05, 4.69) is 17.4 Å². The quantitative estimate of drug-likeness (QED) is 0.509. The van der Waals surface area contributed by atoms with Crippen molar-refractivity contribution in [1.29, 1.82) is 0 Å². The first kappa shape index (κ1) is 22.9. The lowest BCUT2D eigenvalue weighted by Crippen LogP contribution is -2.37. The van der Waals surface area contributed by atoms with Crippen LogP contribution in [0.2, 0.25) is 0 Å². The number of rotatable bonds is 8. The monoisotopic (exact) mass is 455 g/mol. The summed E-state index contributed by atoms with van der Waals surface area (Å²) in [5, 5.41) is 2.87. The molecule has 1 amide bonds. The zero-order chi connectivity index (χ0) is 22.4. The standard InChI is InChI=1S/C23H25N3O3S2/c1-25(2)31(28,29)26(3)21-15-11-19(12-16-21)23(27)24-20-13-9-18(10-14-20)17-30-22-7-5-4-6-8-22/h4-16H,17H2,1-3H3,(H,24,27). The van der Waals surface area contributed by atoms with Crippen LogP contribution in [0.1, 0.15) is 15.9 Å². The fourth-order valence-electron chi connectivity index (χ4n) is 2.77. The molecule has 0 aliphatic carbocycles. The van der Waals surface area contributed by atoms with Gasteiger partial charge in [0.15, 0.2) is 0 Å². The Bertz CT molecular complexity index is 1110. The number of hydrogen-bond donors (Lipinski definition) is 1. The number of nitrogens with one attached hydrogen (secondary N) is 1. The summed E-state index contributed by atoms with van der Waals surface area (Å²) in [6.45, 7) is 0. The molecule has 0 saturated carbocycles. The summed E-state index contributed by atoms with van der Waals surface area (Å²) in [6, 6.07) is 24.4. The largest absolute Gasteiger partial charge is 0.322 e. The molecule has 0 unspecified atom stereocenters. The Labute approximate surface area is 188 Å². The van der Waals surface area contributed by atoms with Gasteiger partial charge in [0, 0.05) is 43.0 Å². The van der Waals surface area contributed by atoms with Crippen molar-refractivity contribution in [2.24, 2.45) is 0 Å². The Kier molecular flexibility index (Phi) is 7.37. The molecule has 162 valence electrons. The Morgan fingerprint density at radius 3 is 2.06 bits per heavy atom. The van der Waals surface area contributed by atoms with Crippen molar-refractivity contribution in [3.63, 3.8) is 0 Å². The van der Waals surface area contributed by atoms with Crippen molar-refractivity contribution in [2.75, 3.05) is 30.8 Å². The Morgan fingerprint density at radius 2 is 1.48 bits per heavy atom. The zero-order valence-electron chi connectivity index (χ0n) is 17.6. The number of amides is 1. The van der Waals surface area contributed by atoms with Crippen LogP contribution in [0, 0.1) is 0 Å². The fraction of sp³-hybridized carbons (Fsp3) is 0.174. The highest BCUT2D eigenvalue weighted by atomic mass is 32.2. The van der Waals surface area contributed by atoms with E-state index >= 15 is 0 Å². The lowest BCUT2D eigenvalue weighted by Gasteiger charge is -2.23. The number of benzene rings is 3. The molecule has 0 heterocycles. The number of carbonyl (C=O) groups is 1. The van der Waals surface area contributed by atoms with Gasteiger partial charge in [-0.15, -0.1) is 11.8 Å². The normalized spacial score (nSPS) is 11.4. The molecular formula is C23H25N3O3S2. The maximum Gasteiger partial charge on any atom is 0.303 e. The van der Waals surface area contributed by atoms with Crippen LogP contribution in [0.3, 0.4) is 0 Å². The molecule has 0 bridgehead atoms. The van der Waals surface area contributed by atoms with Gasteiger partial charge in [-0.1, -0.05) is 30.3 Å². The highest BCUT2D eigenvalue weighted by molar-refractivity contribution is 7.98. The van der Waals surface area contributed by atoms with E-state index in [1.807, 2.05) is 42.5 Å². The number of hydrogen-bond acceptors (Lipinski definition) is 4. The van der Waals surface area contributed by atoms with Gasteiger partial charge < -0.3 is 5.32 Å². The van der Waals surface area contributed by atoms with Gasteiger partial charge in [-0.05, 0) is 54.1 Å². The minimum absolute atomic E-state index is 0.254. The van der Waals surface area contributed by atoms with Gasteiger partial charge >= 0.3 is 10.2 Å². The average molecular weight is 456 g/mol. The second kappa shape index (κ2) is 10.00. The summed E-state index contributed by atoms with van der Waals surface area (Å²) in [7, 11) is 0.843. The first-order valence-corrected chi connectivity index (χ1v) is 12.0. The molecule has 0 radical (unpaired) electrons. The third-order valence-electron chi connectivity index (χ3n) is 4.66. The highest BCUT2D eigenvalue weighted by Gasteiger charge is 2.21. The predicted molar refractivity (Wildman–Crippen MR) is 128 cm³/mol. The van der Waals surface area contributed by atoms with Gasteiger partial charge in [0.05, 0.1) is 5.69 Å². The molecule has 31 heavy (non-hydrogen) atoms. The third-order valence-corrected chi connectivity index (χ3v) is 7.57. The minimum atomic E-state index is -3.57. The van der Waals surface area contributed by atoms with E-state index in [0.717, 1.165) is 10.1 Å². The molecule has 0 aliphatic heterocycles. The van der Waals surface area contributed by atoms with E-state index in [4.69, 9.17) is 0 Å². The summed E-state index contributed by atoms with van der Waals surface area (Å²) >= 11 is 1.76. The number of anilines is 2. The van der Waals surface area contributed by atoms with Gasteiger partial charge in [-0.2, -0.15) is 12.7 Å². The summed E-state index contributed by atoms with van der Waals surface area (Å²) in [5.74, 6) is 0.597. The lowest BCUT2D eigenvalue weighted by atomic mass is 10.1. The van der Waals surface area contributed by atoms with Crippen LogP contribution in [-0.4, -0.2) is 39.8 Å². The molecule has 3 rings (SSSR count). The van der Waals surface area contributed by atoms with E-state index in [-0.39, 0.29) is 5.91 Å². The van der Waals surface area contributed by atoms with Crippen molar-refractivity contribution in [3.05, 3.63) is 90.0 Å². The van der Waals surface area contributed by atoms with E-state index in [1.54, 1.807) is 36.0 Å². The maximum absolute atomic E-state index is 12.5. The average Bonchev–Trinajstić information content (AvgIpc) is 2.78. The molecule has 1 N–H and O–H groups in total. The molecule has 0 spiro atoms. The van der Waals surface area contributed by atoms with Gasteiger partial charge in [-0.3, -0.25) is 9.10 Å². The van der Waals surface area contributed by atoms with Crippen molar-refractivity contribution in [1.82, 2.24) is 4.31 Å². The smallest absolute Gasteiger partial charge is 0.303 e. The molecule has 3 aromatic rings. The predicted octanol–water partition coefficient (Wildman–Crippen LogP) is 4.47. The zero-order valence-corrected chi connectivity index (χ0v) is 19.3. The summed E-state index contributed by atoms with van der Waals surface area (Å²) in [4.78, 5) is 13.8. The Morgan fingerprint density at radius 1 is 0.871 bits per heavy atom. The Hall–Kier alpha value is -2.81. The fourth-order valence-corrected chi connectivity index (χ4v) is 4.53. The lowest BCUT2D eigenvalue weighted by molar-refractivity contribution is 0.102. The Balaban J connectivity index is 1.59. The van der Waals surface area contributed by atoms with Crippen LogP contribution in [-0.2, 0) is 16.0 Å². The number of thioether (sulfide) groups is 1. The highest BCUT2D eigenvalue weighted by Crippen LogP contribution is 2.23. The molecule has 0 saturated heterocycles. The number of nitrogens with zero attached hydrogens (tertiary/aromatic N) is 2. The first-order chi connectivity index (χ1) is 14.8. The molecular weight excluding hydrogens is 430 g/mol. The van der Waals surface area contributed by atoms with Crippen LogP contribution >= 0.6 is 11.8 Å². The molecule has 0 atom stereocenters. The van der Waals surface area contributed by atoms with Crippen molar-refractivity contribution < 1.29 is 13.2 Å². The topological polar surface area (TPSA) is 69.7 Å².